The molecule has 0 aliphatic rings. The van der Waals surface area contributed by atoms with Gasteiger partial charge in [0.15, 0.2) is 0 Å². The summed E-state index contributed by atoms with van der Waals surface area (Å²) >= 11 is 0. The molecule has 4 nitrogen and oxygen atoms in total. The number of carbonyl (C=O) groups is 1. The fourth-order valence-corrected chi connectivity index (χ4v) is 2.22. The molecule has 0 saturated carbocycles. The zero-order valence-electron chi connectivity index (χ0n) is 11.7. The second-order valence-corrected chi connectivity index (χ2v) is 4.88. The summed E-state index contributed by atoms with van der Waals surface area (Å²) in [6.45, 7) is 2.40. The molecule has 0 aliphatic heterocycles. The fourth-order valence-electron chi connectivity index (χ4n) is 2.22. The van der Waals surface area contributed by atoms with Gasteiger partial charge in [0, 0.05) is 24.5 Å². The maximum atomic E-state index is 12.2. The number of nitrogens with one attached hydrogen (secondary N) is 1. The Balaban J connectivity index is 1.74. The van der Waals surface area contributed by atoms with Gasteiger partial charge in [-0.3, -0.25) is 14.8 Å². The van der Waals surface area contributed by atoms with Crippen molar-refractivity contribution in [1.29, 1.82) is 0 Å². The number of fused-ring (bicyclic) bond motifs is 1. The first-order chi connectivity index (χ1) is 10.2. The molecule has 0 fully saturated rings. The van der Waals surface area contributed by atoms with Gasteiger partial charge in [0.25, 0.3) is 5.91 Å². The number of nitrogens with zero attached hydrogens (tertiary/aromatic N) is 2. The topological polar surface area (TPSA) is 54.9 Å². The Kier molecular flexibility index (Phi) is 3.60. The minimum absolute atomic E-state index is 0.0626. The van der Waals surface area contributed by atoms with E-state index in [9.17, 15) is 4.79 Å². The standard InChI is InChI=1S/C17H15N3O/c1-12-4-2-3-5-14(12)17(21)20-11-13-6-7-15-16(10-13)19-9-8-18-15/h2-10H,11H2,1H3,(H,20,21). The van der Waals surface area contributed by atoms with Crippen LogP contribution in [0.1, 0.15) is 21.5 Å². The predicted octanol–water partition coefficient (Wildman–Crippen LogP) is 2.87. The molecular formula is C17H15N3O. The van der Waals surface area contributed by atoms with Crippen molar-refractivity contribution in [2.75, 3.05) is 0 Å². The third-order valence-electron chi connectivity index (χ3n) is 3.38. The van der Waals surface area contributed by atoms with Crippen LogP contribution in [0.5, 0.6) is 0 Å². The molecule has 4 heteroatoms. The Labute approximate surface area is 122 Å². The molecule has 1 amide bonds. The molecule has 0 bridgehead atoms. The molecule has 1 heterocycles. The molecule has 0 aliphatic carbocycles. The number of carbonyl (C=O) groups excluding carboxylic acids is 1. The van der Waals surface area contributed by atoms with Crippen LogP contribution in [0.25, 0.3) is 11.0 Å². The maximum absolute atomic E-state index is 12.2. The van der Waals surface area contributed by atoms with Crippen LogP contribution in [0, 0.1) is 6.92 Å². The van der Waals surface area contributed by atoms with Crippen LogP contribution in [-0.2, 0) is 6.54 Å². The molecule has 3 aromatic rings. The predicted molar refractivity (Wildman–Crippen MR) is 81.9 cm³/mol. The van der Waals surface area contributed by atoms with Gasteiger partial charge < -0.3 is 5.32 Å². The number of hydrogen-bond donors (Lipinski definition) is 1. The van der Waals surface area contributed by atoms with Crippen molar-refractivity contribution in [3.05, 3.63) is 71.5 Å². The van der Waals surface area contributed by atoms with E-state index in [1.165, 1.54) is 0 Å². The summed E-state index contributed by atoms with van der Waals surface area (Å²) in [5, 5.41) is 2.93. The Bertz CT molecular complexity index is 799. The van der Waals surface area contributed by atoms with Gasteiger partial charge in [-0.15, -0.1) is 0 Å². The molecule has 0 unspecified atom stereocenters. The largest absolute Gasteiger partial charge is 0.348 e. The highest BCUT2D eigenvalue weighted by molar-refractivity contribution is 5.95. The molecule has 104 valence electrons. The highest BCUT2D eigenvalue weighted by Crippen LogP contribution is 2.11. The average Bonchev–Trinajstić information content (AvgIpc) is 2.53. The number of benzene rings is 2. The van der Waals surface area contributed by atoms with E-state index >= 15 is 0 Å². The summed E-state index contributed by atoms with van der Waals surface area (Å²) in [6.07, 6.45) is 3.33. The number of rotatable bonds is 3. The van der Waals surface area contributed by atoms with Crippen molar-refractivity contribution in [2.24, 2.45) is 0 Å². The smallest absolute Gasteiger partial charge is 0.251 e. The van der Waals surface area contributed by atoms with E-state index in [-0.39, 0.29) is 5.91 Å². The first-order valence-corrected chi connectivity index (χ1v) is 6.77. The number of aryl methyl sites for hydroxylation is 1. The first kappa shape index (κ1) is 13.2. The van der Waals surface area contributed by atoms with Crippen LogP contribution >= 0.6 is 0 Å². The zero-order valence-corrected chi connectivity index (χ0v) is 11.7. The zero-order chi connectivity index (χ0) is 14.7. The van der Waals surface area contributed by atoms with Crippen LogP contribution in [-0.4, -0.2) is 15.9 Å². The van der Waals surface area contributed by atoms with Crippen molar-refractivity contribution in [2.45, 2.75) is 13.5 Å². The van der Waals surface area contributed by atoms with Crippen LogP contribution in [0.15, 0.2) is 54.9 Å². The van der Waals surface area contributed by atoms with Crippen molar-refractivity contribution >= 4 is 16.9 Å². The summed E-state index contributed by atoms with van der Waals surface area (Å²) in [6, 6.07) is 13.4. The lowest BCUT2D eigenvalue weighted by molar-refractivity contribution is 0.0950. The minimum atomic E-state index is -0.0626. The SMILES string of the molecule is Cc1ccccc1C(=O)NCc1ccc2nccnc2c1. The number of hydrogen-bond acceptors (Lipinski definition) is 3. The van der Waals surface area contributed by atoms with E-state index in [2.05, 4.69) is 15.3 Å². The maximum Gasteiger partial charge on any atom is 0.251 e. The molecule has 1 aromatic heterocycles. The summed E-state index contributed by atoms with van der Waals surface area (Å²) < 4.78 is 0. The Morgan fingerprint density at radius 2 is 1.81 bits per heavy atom. The van der Waals surface area contributed by atoms with Gasteiger partial charge in [0.1, 0.15) is 0 Å². The molecule has 0 spiro atoms. The molecule has 21 heavy (non-hydrogen) atoms. The second-order valence-electron chi connectivity index (χ2n) is 4.88. The minimum Gasteiger partial charge on any atom is -0.348 e. The number of amides is 1. The average molecular weight is 277 g/mol. The highest BCUT2D eigenvalue weighted by atomic mass is 16.1. The van der Waals surface area contributed by atoms with E-state index in [0.717, 1.165) is 22.2 Å². The lowest BCUT2D eigenvalue weighted by Gasteiger charge is -2.08. The monoisotopic (exact) mass is 277 g/mol. The van der Waals surface area contributed by atoms with E-state index in [1.807, 2.05) is 49.4 Å². The Morgan fingerprint density at radius 1 is 1.05 bits per heavy atom. The lowest BCUT2D eigenvalue weighted by atomic mass is 10.1. The molecule has 2 aromatic carbocycles. The third kappa shape index (κ3) is 2.89. The Morgan fingerprint density at radius 3 is 2.62 bits per heavy atom. The first-order valence-electron chi connectivity index (χ1n) is 6.77. The number of aromatic nitrogens is 2. The molecule has 0 atom stereocenters. The van der Waals surface area contributed by atoms with Crippen molar-refractivity contribution in [3.63, 3.8) is 0 Å². The van der Waals surface area contributed by atoms with Crippen LogP contribution < -0.4 is 5.32 Å². The van der Waals surface area contributed by atoms with Crippen molar-refractivity contribution < 1.29 is 4.79 Å². The van der Waals surface area contributed by atoms with Crippen molar-refractivity contribution in [3.8, 4) is 0 Å². The molecule has 0 saturated heterocycles. The van der Waals surface area contributed by atoms with Crippen LogP contribution in [0.3, 0.4) is 0 Å². The lowest BCUT2D eigenvalue weighted by Crippen LogP contribution is -2.23. The molecular weight excluding hydrogens is 262 g/mol. The van der Waals surface area contributed by atoms with Gasteiger partial charge in [-0.05, 0) is 36.2 Å². The summed E-state index contributed by atoms with van der Waals surface area (Å²) in [5.74, 6) is -0.0626. The normalized spacial score (nSPS) is 10.5. The summed E-state index contributed by atoms with van der Waals surface area (Å²) in [5.41, 5.74) is 4.37. The molecule has 1 N–H and O–H groups in total. The molecule has 3 rings (SSSR count). The fraction of sp³-hybridized carbons (Fsp3) is 0.118. The van der Waals surface area contributed by atoms with Crippen LogP contribution in [0.2, 0.25) is 0 Å². The van der Waals surface area contributed by atoms with E-state index in [0.29, 0.717) is 12.1 Å². The van der Waals surface area contributed by atoms with Gasteiger partial charge in [-0.2, -0.15) is 0 Å². The van der Waals surface area contributed by atoms with E-state index < -0.39 is 0 Å². The summed E-state index contributed by atoms with van der Waals surface area (Å²) in [4.78, 5) is 20.7. The van der Waals surface area contributed by atoms with Gasteiger partial charge >= 0.3 is 0 Å². The van der Waals surface area contributed by atoms with E-state index in [1.54, 1.807) is 12.4 Å². The van der Waals surface area contributed by atoms with E-state index in [4.69, 9.17) is 0 Å². The van der Waals surface area contributed by atoms with Gasteiger partial charge in [0.05, 0.1) is 11.0 Å². The highest BCUT2D eigenvalue weighted by Gasteiger charge is 2.07. The second kappa shape index (κ2) is 5.71. The quantitative estimate of drug-likeness (QED) is 0.801. The third-order valence-corrected chi connectivity index (χ3v) is 3.38. The van der Waals surface area contributed by atoms with Gasteiger partial charge in [0.2, 0.25) is 0 Å². The Hall–Kier alpha value is -2.75. The van der Waals surface area contributed by atoms with Gasteiger partial charge in [-0.1, -0.05) is 24.3 Å². The molecule has 0 radical (unpaired) electrons. The summed E-state index contributed by atoms with van der Waals surface area (Å²) in [7, 11) is 0. The van der Waals surface area contributed by atoms with Crippen LogP contribution in [0.4, 0.5) is 0 Å². The van der Waals surface area contributed by atoms with Crippen molar-refractivity contribution in [1.82, 2.24) is 15.3 Å². The van der Waals surface area contributed by atoms with Gasteiger partial charge in [-0.25, -0.2) is 0 Å².